The molecule has 0 saturated carbocycles. The van der Waals surface area contributed by atoms with E-state index in [4.69, 9.17) is 4.74 Å². The van der Waals surface area contributed by atoms with E-state index in [1.807, 2.05) is 20.8 Å². The van der Waals surface area contributed by atoms with Crippen LogP contribution in [-0.4, -0.2) is 47.7 Å². The number of sulfonamides is 1. The van der Waals surface area contributed by atoms with Gasteiger partial charge in [-0.15, -0.1) is 0 Å². The summed E-state index contributed by atoms with van der Waals surface area (Å²) in [5.41, 5.74) is 0.503. The molecule has 3 heterocycles. The molecule has 11 heteroatoms. The van der Waals surface area contributed by atoms with E-state index in [1.54, 1.807) is 24.3 Å². The number of hydrogen-bond acceptors (Lipinski definition) is 8. The van der Waals surface area contributed by atoms with Crippen LogP contribution in [0.4, 0.5) is 5.82 Å². The second-order valence-corrected chi connectivity index (χ2v) is 12.2. The van der Waals surface area contributed by atoms with E-state index in [-0.39, 0.29) is 59.4 Å². The Bertz CT molecular complexity index is 1450. The molecule has 0 spiro atoms. The van der Waals surface area contributed by atoms with Crippen molar-refractivity contribution in [3.63, 3.8) is 0 Å². The molecular weight excluding hydrogens is 496 g/mol. The highest BCUT2D eigenvalue weighted by Gasteiger charge is 2.29. The maximum atomic E-state index is 12.9. The monoisotopic (exact) mass is 526 g/mol. The first-order chi connectivity index (χ1) is 17.4. The number of carbonyl (C=O) groups excluding carboxylic acids is 2. The van der Waals surface area contributed by atoms with Crippen LogP contribution in [0.25, 0.3) is 10.9 Å². The molecule has 1 aromatic carbocycles. The standard InChI is InChI=1S/C26H30N4O6S/c1-26(2,3)14-22(32)36-21-9-5-4-8-17(21)15-28-25(33)19-11-10-18-23(29-19)20(31)16-27-24(18)30-12-6-7-13-37(30,34)35/h4-5,8-11,16,31H,6-7,12-15H2,1-3H3,(H,28,33). The summed E-state index contributed by atoms with van der Waals surface area (Å²) in [6, 6.07) is 9.92. The third kappa shape index (κ3) is 6.16. The maximum Gasteiger partial charge on any atom is 0.311 e. The zero-order chi connectivity index (χ0) is 26.8. The fourth-order valence-electron chi connectivity index (χ4n) is 4.05. The molecule has 0 bridgehead atoms. The largest absolute Gasteiger partial charge is 0.504 e. The molecule has 2 aromatic heterocycles. The number of amides is 1. The lowest BCUT2D eigenvalue weighted by atomic mass is 9.92. The quantitative estimate of drug-likeness (QED) is 0.367. The predicted octanol–water partition coefficient (Wildman–Crippen LogP) is 3.54. The highest BCUT2D eigenvalue weighted by Crippen LogP contribution is 2.33. The number of anilines is 1. The first-order valence-corrected chi connectivity index (χ1v) is 13.6. The SMILES string of the molecule is CC(C)(C)CC(=O)Oc1ccccc1CNC(=O)c1ccc2c(N3CCCCS3(=O)=O)ncc(O)c2n1. The second kappa shape index (κ2) is 10.3. The van der Waals surface area contributed by atoms with E-state index < -0.39 is 15.9 Å². The van der Waals surface area contributed by atoms with E-state index in [2.05, 4.69) is 15.3 Å². The van der Waals surface area contributed by atoms with Gasteiger partial charge in [-0.1, -0.05) is 39.0 Å². The molecule has 4 rings (SSSR count). The summed E-state index contributed by atoms with van der Waals surface area (Å²) in [4.78, 5) is 33.6. The molecule has 2 N–H and O–H groups in total. The lowest BCUT2D eigenvalue weighted by molar-refractivity contribution is -0.136. The third-order valence-electron chi connectivity index (χ3n) is 5.82. The van der Waals surface area contributed by atoms with Crippen LogP contribution in [0, 0.1) is 5.41 Å². The van der Waals surface area contributed by atoms with Crippen LogP contribution >= 0.6 is 0 Å². The normalized spacial score (nSPS) is 15.4. The summed E-state index contributed by atoms with van der Waals surface area (Å²) in [6.45, 7) is 6.20. The molecule has 1 aliphatic heterocycles. The zero-order valence-corrected chi connectivity index (χ0v) is 21.8. The number of aromatic hydroxyl groups is 1. The van der Waals surface area contributed by atoms with Gasteiger partial charge in [0.1, 0.15) is 17.0 Å². The molecule has 37 heavy (non-hydrogen) atoms. The van der Waals surface area contributed by atoms with Crippen molar-refractivity contribution >= 4 is 38.6 Å². The first-order valence-electron chi connectivity index (χ1n) is 12.0. The van der Waals surface area contributed by atoms with Crippen LogP contribution in [0.2, 0.25) is 0 Å². The van der Waals surface area contributed by atoms with Crippen molar-refractivity contribution in [1.29, 1.82) is 0 Å². The summed E-state index contributed by atoms with van der Waals surface area (Å²) in [5.74, 6) is -0.575. The Kier molecular flexibility index (Phi) is 7.35. The van der Waals surface area contributed by atoms with Crippen molar-refractivity contribution in [3.8, 4) is 11.5 Å². The fourth-order valence-corrected chi connectivity index (χ4v) is 5.65. The molecule has 196 valence electrons. The van der Waals surface area contributed by atoms with Gasteiger partial charge in [-0.25, -0.2) is 18.4 Å². The second-order valence-electron chi connectivity index (χ2n) is 10.2. The van der Waals surface area contributed by atoms with Gasteiger partial charge in [0, 0.05) is 24.0 Å². The van der Waals surface area contributed by atoms with Crippen molar-refractivity contribution in [2.75, 3.05) is 16.6 Å². The minimum Gasteiger partial charge on any atom is -0.504 e. The Morgan fingerprint density at radius 3 is 2.62 bits per heavy atom. The highest BCUT2D eigenvalue weighted by molar-refractivity contribution is 7.92. The molecule has 0 radical (unpaired) electrons. The Hall–Kier alpha value is -3.73. The van der Waals surface area contributed by atoms with Gasteiger partial charge in [-0.05, 0) is 36.5 Å². The number of nitrogens with zero attached hydrogens (tertiary/aromatic N) is 3. The predicted molar refractivity (Wildman–Crippen MR) is 139 cm³/mol. The summed E-state index contributed by atoms with van der Waals surface area (Å²) in [5, 5.41) is 13.5. The van der Waals surface area contributed by atoms with Crippen molar-refractivity contribution in [1.82, 2.24) is 15.3 Å². The molecule has 0 atom stereocenters. The van der Waals surface area contributed by atoms with Gasteiger partial charge >= 0.3 is 5.97 Å². The lowest BCUT2D eigenvalue weighted by Gasteiger charge is -2.28. The van der Waals surface area contributed by atoms with Crippen molar-refractivity contribution < 1.29 is 27.9 Å². The van der Waals surface area contributed by atoms with Crippen molar-refractivity contribution in [2.45, 2.75) is 46.6 Å². The van der Waals surface area contributed by atoms with Crippen LogP contribution in [-0.2, 0) is 21.4 Å². The van der Waals surface area contributed by atoms with E-state index in [0.29, 0.717) is 29.5 Å². The van der Waals surface area contributed by atoms with Gasteiger partial charge in [0.15, 0.2) is 11.6 Å². The van der Waals surface area contributed by atoms with Crippen LogP contribution < -0.4 is 14.4 Å². The van der Waals surface area contributed by atoms with Gasteiger partial charge in [-0.3, -0.25) is 13.9 Å². The van der Waals surface area contributed by atoms with Crippen LogP contribution in [0.15, 0.2) is 42.6 Å². The van der Waals surface area contributed by atoms with Gasteiger partial charge in [-0.2, -0.15) is 0 Å². The number of esters is 1. The Morgan fingerprint density at radius 2 is 1.89 bits per heavy atom. The van der Waals surface area contributed by atoms with E-state index >= 15 is 0 Å². The zero-order valence-electron chi connectivity index (χ0n) is 21.0. The number of nitrogens with one attached hydrogen (secondary N) is 1. The number of para-hydroxylation sites is 1. The van der Waals surface area contributed by atoms with E-state index in [9.17, 15) is 23.1 Å². The van der Waals surface area contributed by atoms with Gasteiger partial charge in [0.05, 0.1) is 18.4 Å². The molecule has 1 aliphatic rings. The molecule has 1 saturated heterocycles. The minimum absolute atomic E-state index is 0.0258. The minimum atomic E-state index is -3.52. The average Bonchev–Trinajstić information content (AvgIpc) is 2.82. The molecule has 0 aliphatic carbocycles. The van der Waals surface area contributed by atoms with Gasteiger partial charge in [0.25, 0.3) is 5.91 Å². The highest BCUT2D eigenvalue weighted by atomic mass is 32.2. The number of carbonyl (C=O) groups is 2. The third-order valence-corrected chi connectivity index (χ3v) is 7.65. The lowest BCUT2D eigenvalue weighted by Crippen LogP contribution is -2.38. The van der Waals surface area contributed by atoms with Crippen molar-refractivity contribution in [3.05, 3.63) is 53.9 Å². The van der Waals surface area contributed by atoms with Gasteiger partial charge in [0.2, 0.25) is 10.0 Å². The topological polar surface area (TPSA) is 139 Å². The Balaban J connectivity index is 1.53. The number of pyridine rings is 2. The number of benzene rings is 1. The Labute approximate surface area is 215 Å². The molecule has 10 nitrogen and oxygen atoms in total. The summed E-state index contributed by atoms with van der Waals surface area (Å²) in [7, 11) is -3.52. The average molecular weight is 527 g/mol. The smallest absolute Gasteiger partial charge is 0.311 e. The summed E-state index contributed by atoms with van der Waals surface area (Å²) < 4.78 is 31.9. The number of hydrogen-bond donors (Lipinski definition) is 2. The van der Waals surface area contributed by atoms with E-state index in [0.717, 1.165) is 6.20 Å². The molecule has 1 amide bonds. The molecule has 1 fully saturated rings. The fraction of sp³-hybridized carbons (Fsp3) is 0.385. The summed E-state index contributed by atoms with van der Waals surface area (Å²) >= 11 is 0. The summed E-state index contributed by atoms with van der Waals surface area (Å²) in [6.07, 6.45) is 2.66. The van der Waals surface area contributed by atoms with Crippen LogP contribution in [0.3, 0.4) is 0 Å². The maximum absolute atomic E-state index is 12.9. The number of aromatic nitrogens is 2. The van der Waals surface area contributed by atoms with Crippen molar-refractivity contribution in [2.24, 2.45) is 5.41 Å². The van der Waals surface area contributed by atoms with Gasteiger partial charge < -0.3 is 15.2 Å². The Morgan fingerprint density at radius 1 is 1.14 bits per heavy atom. The number of rotatable bonds is 6. The number of ether oxygens (including phenoxy) is 1. The van der Waals surface area contributed by atoms with E-state index in [1.165, 1.54) is 16.4 Å². The molecule has 0 unspecified atom stereocenters. The number of fused-ring (bicyclic) bond motifs is 1. The molecule has 3 aromatic rings. The van der Waals surface area contributed by atoms with Crippen LogP contribution in [0.1, 0.15) is 56.1 Å². The molecular formula is C26H30N4O6S. The van der Waals surface area contributed by atoms with Crippen LogP contribution in [0.5, 0.6) is 11.5 Å². The first kappa shape index (κ1) is 26.3.